The van der Waals surface area contributed by atoms with Gasteiger partial charge in [0, 0.05) is 58.0 Å². The molecule has 0 bridgehead atoms. The van der Waals surface area contributed by atoms with E-state index in [2.05, 4.69) is 50.3 Å². The maximum atomic E-state index is 13.1. The molecule has 2 aliphatic heterocycles. The summed E-state index contributed by atoms with van der Waals surface area (Å²) in [5, 5.41) is 3.24. The van der Waals surface area contributed by atoms with Gasteiger partial charge in [-0.1, -0.05) is 25.0 Å². The molecule has 5 rings (SSSR count). The second-order valence-electron chi connectivity index (χ2n) is 10.0. The van der Waals surface area contributed by atoms with E-state index >= 15 is 0 Å². The Kier molecular flexibility index (Phi) is 7.06. The minimum absolute atomic E-state index is 0.00126. The molecule has 2 fully saturated rings. The first-order chi connectivity index (χ1) is 17.0. The topological polar surface area (TPSA) is 99.9 Å². The van der Waals surface area contributed by atoms with Crippen LogP contribution in [0.15, 0.2) is 24.3 Å². The Morgan fingerprint density at radius 2 is 1.86 bits per heavy atom. The summed E-state index contributed by atoms with van der Waals surface area (Å²) in [6.07, 6.45) is 5.23. The van der Waals surface area contributed by atoms with Gasteiger partial charge in [0.2, 0.25) is 5.95 Å². The quantitative estimate of drug-likeness (QED) is 0.695. The Morgan fingerprint density at radius 1 is 1.06 bits per heavy atom. The van der Waals surface area contributed by atoms with Crippen LogP contribution in [0.2, 0.25) is 0 Å². The van der Waals surface area contributed by atoms with Gasteiger partial charge in [-0.2, -0.15) is 4.98 Å². The molecule has 0 unspecified atom stereocenters. The number of aromatic nitrogens is 2. The number of amides is 2. The fraction of sp³-hybridized carbons (Fsp3) is 0.577. The molecule has 2 atom stereocenters. The van der Waals surface area contributed by atoms with Crippen molar-refractivity contribution in [3.63, 3.8) is 0 Å². The number of carbonyl (C=O) groups excluding carboxylic acids is 1. The first-order valence-corrected chi connectivity index (χ1v) is 12.8. The summed E-state index contributed by atoms with van der Waals surface area (Å²) in [4.78, 5) is 28.6. The van der Waals surface area contributed by atoms with Crippen LogP contribution in [-0.4, -0.2) is 84.8 Å². The van der Waals surface area contributed by atoms with Crippen LogP contribution in [0.4, 0.5) is 16.6 Å². The third-order valence-corrected chi connectivity index (χ3v) is 7.67. The average molecular weight is 480 g/mol. The molecule has 2 aromatic rings. The normalized spacial score (nSPS) is 23.1. The molecule has 1 aromatic heterocycles. The van der Waals surface area contributed by atoms with E-state index < -0.39 is 0 Å². The molecule has 3 N–H and O–H groups in total. The summed E-state index contributed by atoms with van der Waals surface area (Å²) < 4.78 is 5.62. The number of rotatable bonds is 4. The largest absolute Gasteiger partial charge is 0.379 e. The summed E-state index contributed by atoms with van der Waals surface area (Å²) in [5.41, 5.74) is 10.4. The van der Waals surface area contributed by atoms with E-state index in [1.54, 1.807) is 7.11 Å². The van der Waals surface area contributed by atoms with Crippen molar-refractivity contribution in [1.82, 2.24) is 25.1 Å². The summed E-state index contributed by atoms with van der Waals surface area (Å²) in [6.45, 7) is 5.16. The molecule has 2 amide bonds. The number of urea groups is 1. The second-order valence-corrected chi connectivity index (χ2v) is 10.0. The van der Waals surface area contributed by atoms with E-state index in [0.717, 1.165) is 87.5 Å². The number of methoxy groups -OCH3 is 1. The van der Waals surface area contributed by atoms with Gasteiger partial charge in [0.05, 0.1) is 17.8 Å². The van der Waals surface area contributed by atoms with Crippen LogP contribution in [0.1, 0.15) is 36.8 Å². The van der Waals surface area contributed by atoms with E-state index in [1.807, 2.05) is 11.0 Å². The number of hydrogen-bond acceptors (Lipinski definition) is 7. The molecule has 3 aliphatic rings. The smallest absolute Gasteiger partial charge is 0.318 e. The van der Waals surface area contributed by atoms with Gasteiger partial charge in [0.15, 0.2) is 0 Å². The standard InChI is InChI=1S/C26H37N7O2/c1-31-11-13-32(14-12-31)24-16-22(28-25(27)30-24)19-8-7-18-9-10-33(17-20(18)15-19)26(34)29-21-5-3-4-6-23(21)35-2/h7-8,15-16,21,23H,3-6,9-14,17H2,1-2H3,(H,29,34)(H2,27,28,30)/t21-,23+/m1/s1. The summed E-state index contributed by atoms with van der Waals surface area (Å²) in [7, 11) is 3.88. The fourth-order valence-corrected chi connectivity index (χ4v) is 5.48. The zero-order valence-electron chi connectivity index (χ0n) is 20.9. The number of fused-ring (bicyclic) bond motifs is 1. The molecular formula is C26H37N7O2. The molecule has 0 spiro atoms. The highest BCUT2D eigenvalue weighted by molar-refractivity contribution is 5.75. The molecule has 1 aliphatic carbocycles. The van der Waals surface area contributed by atoms with Crippen molar-refractivity contribution in [2.75, 3.05) is 57.5 Å². The van der Waals surface area contributed by atoms with E-state index in [9.17, 15) is 4.79 Å². The van der Waals surface area contributed by atoms with Gasteiger partial charge in [0.25, 0.3) is 0 Å². The van der Waals surface area contributed by atoms with Crippen molar-refractivity contribution in [2.24, 2.45) is 0 Å². The number of nitrogens with one attached hydrogen (secondary N) is 1. The van der Waals surface area contributed by atoms with Crippen molar-refractivity contribution in [2.45, 2.75) is 50.8 Å². The minimum Gasteiger partial charge on any atom is -0.379 e. The fourth-order valence-electron chi connectivity index (χ4n) is 5.48. The van der Waals surface area contributed by atoms with Gasteiger partial charge in [-0.25, -0.2) is 9.78 Å². The zero-order chi connectivity index (χ0) is 24.4. The lowest BCUT2D eigenvalue weighted by Gasteiger charge is -2.35. The summed E-state index contributed by atoms with van der Waals surface area (Å²) >= 11 is 0. The number of hydrogen-bond donors (Lipinski definition) is 2. The van der Waals surface area contributed by atoms with E-state index in [0.29, 0.717) is 6.54 Å². The molecule has 1 saturated heterocycles. The van der Waals surface area contributed by atoms with E-state index in [1.165, 1.54) is 5.56 Å². The van der Waals surface area contributed by atoms with Crippen molar-refractivity contribution >= 4 is 17.8 Å². The van der Waals surface area contributed by atoms with Gasteiger partial charge < -0.3 is 30.5 Å². The lowest BCUT2D eigenvalue weighted by Crippen LogP contribution is -2.51. The predicted octanol–water partition coefficient (Wildman–Crippen LogP) is 2.50. The van der Waals surface area contributed by atoms with Crippen LogP contribution >= 0.6 is 0 Å². The second kappa shape index (κ2) is 10.4. The van der Waals surface area contributed by atoms with Crippen molar-refractivity contribution in [3.8, 4) is 11.3 Å². The maximum absolute atomic E-state index is 13.1. The number of nitrogens with two attached hydrogens (primary N) is 1. The molecule has 0 radical (unpaired) electrons. The molecule has 3 heterocycles. The average Bonchev–Trinajstić information content (AvgIpc) is 2.88. The van der Waals surface area contributed by atoms with Crippen LogP contribution in [0.25, 0.3) is 11.3 Å². The lowest BCUT2D eigenvalue weighted by molar-refractivity contribution is 0.0428. The van der Waals surface area contributed by atoms with Crippen LogP contribution < -0.4 is 16.0 Å². The number of likely N-dealkylation sites (N-methyl/N-ethyl adjacent to an activating group) is 1. The Morgan fingerprint density at radius 3 is 2.66 bits per heavy atom. The molecular weight excluding hydrogens is 442 g/mol. The number of benzene rings is 1. The van der Waals surface area contributed by atoms with Crippen molar-refractivity contribution in [3.05, 3.63) is 35.4 Å². The number of carbonyl (C=O) groups is 1. The van der Waals surface area contributed by atoms with Gasteiger partial charge in [-0.3, -0.25) is 0 Å². The Hall–Kier alpha value is -2.91. The Bertz CT molecular complexity index is 1050. The molecule has 35 heavy (non-hydrogen) atoms. The van der Waals surface area contributed by atoms with Crippen LogP contribution in [0.5, 0.6) is 0 Å². The van der Waals surface area contributed by atoms with E-state index in [4.69, 9.17) is 10.5 Å². The highest BCUT2D eigenvalue weighted by Gasteiger charge is 2.29. The third kappa shape index (κ3) is 5.36. The number of piperazine rings is 1. The SMILES string of the molecule is CO[C@H]1CCCC[C@H]1NC(=O)N1CCc2ccc(-c3cc(N4CCN(C)CC4)nc(N)n3)cc2C1. The summed E-state index contributed by atoms with van der Waals surface area (Å²) in [5.74, 6) is 1.16. The Balaban J connectivity index is 1.31. The van der Waals surface area contributed by atoms with Gasteiger partial charge in [-0.05, 0) is 43.5 Å². The first kappa shape index (κ1) is 23.8. The van der Waals surface area contributed by atoms with Crippen molar-refractivity contribution < 1.29 is 9.53 Å². The Labute approximate surface area is 207 Å². The minimum atomic E-state index is -0.00126. The number of nitrogens with zero attached hydrogens (tertiary/aromatic N) is 5. The monoisotopic (exact) mass is 479 g/mol. The molecule has 9 nitrogen and oxygen atoms in total. The van der Waals surface area contributed by atoms with Crippen LogP contribution in [0.3, 0.4) is 0 Å². The molecule has 1 saturated carbocycles. The highest BCUT2D eigenvalue weighted by Crippen LogP contribution is 2.28. The van der Waals surface area contributed by atoms with Gasteiger partial charge >= 0.3 is 6.03 Å². The molecule has 9 heteroatoms. The number of ether oxygens (including phenoxy) is 1. The number of nitrogen functional groups attached to an aromatic ring is 1. The van der Waals surface area contributed by atoms with Crippen LogP contribution in [0, 0.1) is 0 Å². The molecule has 1 aromatic carbocycles. The zero-order valence-corrected chi connectivity index (χ0v) is 20.9. The van der Waals surface area contributed by atoms with Crippen LogP contribution in [-0.2, 0) is 17.7 Å². The molecule has 188 valence electrons. The van der Waals surface area contributed by atoms with Crippen molar-refractivity contribution in [1.29, 1.82) is 0 Å². The number of anilines is 2. The van der Waals surface area contributed by atoms with E-state index in [-0.39, 0.29) is 24.1 Å². The first-order valence-electron chi connectivity index (χ1n) is 12.8. The summed E-state index contributed by atoms with van der Waals surface area (Å²) in [6, 6.07) is 8.54. The maximum Gasteiger partial charge on any atom is 0.318 e. The third-order valence-electron chi connectivity index (χ3n) is 7.67. The van der Waals surface area contributed by atoms with Gasteiger partial charge in [-0.15, -0.1) is 0 Å². The van der Waals surface area contributed by atoms with Gasteiger partial charge in [0.1, 0.15) is 5.82 Å². The predicted molar refractivity (Wildman–Crippen MR) is 137 cm³/mol. The lowest BCUT2D eigenvalue weighted by atomic mass is 9.92. The highest BCUT2D eigenvalue weighted by atomic mass is 16.5.